The number of pyridine rings is 1. The molecule has 3 aromatic rings. The molecule has 0 N–H and O–H groups in total. The topological polar surface area (TPSA) is 63.4 Å². The number of nitrogens with zero attached hydrogens (tertiary/aromatic N) is 5. The van der Waals surface area contributed by atoms with E-state index in [-0.39, 0.29) is 5.91 Å². The first kappa shape index (κ1) is 14.8. The smallest absolute Gasteiger partial charge is 0.257 e. The first-order valence-corrected chi connectivity index (χ1v) is 8.21. The fraction of sp³-hybridized carbons (Fsp3) is 0.333. The van der Waals surface area contributed by atoms with Crippen molar-refractivity contribution in [2.24, 2.45) is 0 Å². The number of amides is 1. The molecule has 4 rings (SSSR count). The van der Waals surface area contributed by atoms with Crippen molar-refractivity contribution in [3.63, 3.8) is 0 Å². The fourth-order valence-electron chi connectivity index (χ4n) is 3.48. The third kappa shape index (κ3) is 2.64. The summed E-state index contributed by atoms with van der Waals surface area (Å²) in [7, 11) is 0. The summed E-state index contributed by atoms with van der Waals surface area (Å²) in [6.45, 7) is 3.50. The van der Waals surface area contributed by atoms with E-state index in [2.05, 4.69) is 31.6 Å². The molecule has 1 aliphatic rings. The molecule has 1 saturated heterocycles. The molecule has 1 atom stereocenters. The Morgan fingerprint density at radius 2 is 2.08 bits per heavy atom. The molecule has 0 radical (unpaired) electrons. The highest BCUT2D eigenvalue weighted by Gasteiger charge is 2.27. The molecular weight excluding hydrogens is 302 g/mol. The van der Waals surface area contributed by atoms with Crippen molar-refractivity contribution >= 4 is 11.6 Å². The van der Waals surface area contributed by atoms with E-state index >= 15 is 0 Å². The van der Waals surface area contributed by atoms with Crippen LogP contribution in [0.1, 0.15) is 40.5 Å². The minimum absolute atomic E-state index is 0.00860. The molecule has 4 heterocycles. The number of likely N-dealkylation sites (tertiary alicyclic amines) is 1. The Morgan fingerprint density at radius 1 is 1.25 bits per heavy atom. The lowest BCUT2D eigenvalue weighted by Crippen LogP contribution is -2.39. The van der Waals surface area contributed by atoms with Crippen LogP contribution in [0.3, 0.4) is 0 Å². The Bertz CT molecular complexity index is 874. The summed E-state index contributed by atoms with van der Waals surface area (Å²) in [4.78, 5) is 27.0. The number of hydrogen-bond donors (Lipinski definition) is 0. The highest BCUT2D eigenvalue weighted by Crippen LogP contribution is 2.28. The van der Waals surface area contributed by atoms with Crippen LogP contribution in [0, 0.1) is 6.92 Å². The van der Waals surface area contributed by atoms with Crippen LogP contribution in [0.25, 0.3) is 5.65 Å². The number of fused-ring (bicyclic) bond motifs is 1. The number of imidazole rings is 1. The van der Waals surface area contributed by atoms with Gasteiger partial charge >= 0.3 is 0 Å². The minimum Gasteiger partial charge on any atom is -0.338 e. The van der Waals surface area contributed by atoms with Crippen LogP contribution in [0.2, 0.25) is 0 Å². The summed E-state index contributed by atoms with van der Waals surface area (Å²) in [5.41, 5.74) is 3.74. The van der Waals surface area contributed by atoms with Crippen LogP contribution in [-0.4, -0.2) is 43.2 Å². The quantitative estimate of drug-likeness (QED) is 0.727. The maximum Gasteiger partial charge on any atom is 0.257 e. The second-order valence-corrected chi connectivity index (χ2v) is 6.28. The van der Waals surface area contributed by atoms with Gasteiger partial charge < -0.3 is 9.30 Å². The first-order chi connectivity index (χ1) is 11.7. The summed E-state index contributed by atoms with van der Waals surface area (Å²) in [6, 6.07) is 6.20. The molecule has 0 aromatic carbocycles. The van der Waals surface area contributed by atoms with Gasteiger partial charge in [-0.25, -0.2) is 15.0 Å². The molecule has 24 heavy (non-hydrogen) atoms. The van der Waals surface area contributed by atoms with Crippen molar-refractivity contribution in [2.75, 3.05) is 13.1 Å². The van der Waals surface area contributed by atoms with Crippen LogP contribution in [0.5, 0.6) is 0 Å². The minimum atomic E-state index is 0.00860. The van der Waals surface area contributed by atoms with E-state index in [1.807, 2.05) is 24.0 Å². The number of carbonyl (C=O) groups excluding carboxylic acids is 1. The zero-order valence-electron chi connectivity index (χ0n) is 13.6. The van der Waals surface area contributed by atoms with E-state index in [0.717, 1.165) is 30.7 Å². The number of aryl methyl sites for hydroxylation is 1. The molecule has 122 valence electrons. The van der Waals surface area contributed by atoms with E-state index in [9.17, 15) is 4.79 Å². The van der Waals surface area contributed by atoms with Crippen LogP contribution in [-0.2, 0) is 0 Å². The third-order valence-electron chi connectivity index (χ3n) is 4.58. The second kappa shape index (κ2) is 6.03. The lowest BCUT2D eigenvalue weighted by molar-refractivity contribution is 0.0704. The number of aromatic nitrogens is 4. The lowest BCUT2D eigenvalue weighted by Gasteiger charge is -2.33. The predicted octanol–water partition coefficient (Wildman–Crippen LogP) is 2.45. The molecule has 6 heteroatoms. The Kier molecular flexibility index (Phi) is 3.72. The van der Waals surface area contributed by atoms with Gasteiger partial charge in [-0.3, -0.25) is 4.79 Å². The molecule has 0 unspecified atom stereocenters. The van der Waals surface area contributed by atoms with Gasteiger partial charge in [0.25, 0.3) is 5.91 Å². The van der Waals surface area contributed by atoms with Gasteiger partial charge in [-0.05, 0) is 31.9 Å². The normalized spacial score (nSPS) is 18.0. The number of piperidine rings is 1. The van der Waals surface area contributed by atoms with Crippen molar-refractivity contribution in [3.8, 4) is 0 Å². The van der Waals surface area contributed by atoms with E-state index in [4.69, 9.17) is 0 Å². The summed E-state index contributed by atoms with van der Waals surface area (Å²) in [6.07, 6.45) is 8.74. The Hall–Kier alpha value is -2.76. The molecular formula is C18H19N5O. The van der Waals surface area contributed by atoms with Gasteiger partial charge in [0, 0.05) is 43.3 Å². The summed E-state index contributed by atoms with van der Waals surface area (Å²) < 4.78 is 2.15. The van der Waals surface area contributed by atoms with Gasteiger partial charge in [0.05, 0.1) is 11.3 Å². The zero-order valence-corrected chi connectivity index (χ0v) is 13.6. The van der Waals surface area contributed by atoms with Gasteiger partial charge in [-0.2, -0.15) is 0 Å². The maximum atomic E-state index is 12.7. The van der Waals surface area contributed by atoms with Crippen LogP contribution in [0.15, 0.2) is 43.1 Å². The highest BCUT2D eigenvalue weighted by molar-refractivity contribution is 5.93. The number of carbonyl (C=O) groups is 1. The van der Waals surface area contributed by atoms with Crippen LogP contribution >= 0.6 is 0 Å². The van der Waals surface area contributed by atoms with E-state index in [0.29, 0.717) is 18.0 Å². The molecule has 3 aromatic heterocycles. The lowest BCUT2D eigenvalue weighted by atomic mass is 9.93. The highest BCUT2D eigenvalue weighted by atomic mass is 16.2. The molecule has 0 aliphatic carbocycles. The Balaban J connectivity index is 1.61. The van der Waals surface area contributed by atoms with Gasteiger partial charge in [-0.15, -0.1) is 0 Å². The largest absolute Gasteiger partial charge is 0.338 e. The molecule has 0 spiro atoms. The van der Waals surface area contributed by atoms with E-state index in [1.165, 1.54) is 12.0 Å². The molecule has 6 nitrogen and oxygen atoms in total. The molecule has 1 fully saturated rings. The SMILES string of the molecule is Cc1cn2c([C@H]3CCCN(C(=O)c4cncnc4)C3)cccc2n1. The summed E-state index contributed by atoms with van der Waals surface area (Å²) >= 11 is 0. The maximum absolute atomic E-state index is 12.7. The summed E-state index contributed by atoms with van der Waals surface area (Å²) in [5.74, 6) is 0.318. The Labute approximate surface area is 140 Å². The third-order valence-corrected chi connectivity index (χ3v) is 4.58. The van der Waals surface area contributed by atoms with E-state index < -0.39 is 0 Å². The van der Waals surface area contributed by atoms with Gasteiger partial charge in [0.2, 0.25) is 0 Å². The average Bonchev–Trinajstić information content (AvgIpc) is 3.02. The van der Waals surface area contributed by atoms with Gasteiger partial charge in [-0.1, -0.05) is 6.07 Å². The van der Waals surface area contributed by atoms with Crippen molar-refractivity contribution in [1.82, 2.24) is 24.3 Å². The second-order valence-electron chi connectivity index (χ2n) is 6.28. The summed E-state index contributed by atoms with van der Waals surface area (Å²) in [5, 5.41) is 0. The van der Waals surface area contributed by atoms with Crippen molar-refractivity contribution < 1.29 is 4.79 Å². The van der Waals surface area contributed by atoms with Gasteiger partial charge in [0.15, 0.2) is 0 Å². The number of hydrogen-bond acceptors (Lipinski definition) is 4. The van der Waals surface area contributed by atoms with E-state index in [1.54, 1.807) is 12.4 Å². The average molecular weight is 321 g/mol. The van der Waals surface area contributed by atoms with Crippen molar-refractivity contribution in [2.45, 2.75) is 25.7 Å². The van der Waals surface area contributed by atoms with Crippen molar-refractivity contribution in [3.05, 3.63) is 60.1 Å². The van der Waals surface area contributed by atoms with Crippen LogP contribution in [0.4, 0.5) is 0 Å². The van der Waals surface area contributed by atoms with Crippen LogP contribution < -0.4 is 0 Å². The number of rotatable bonds is 2. The molecule has 1 aliphatic heterocycles. The zero-order chi connectivity index (χ0) is 16.5. The fourth-order valence-corrected chi connectivity index (χ4v) is 3.48. The molecule has 1 amide bonds. The Morgan fingerprint density at radius 3 is 2.92 bits per heavy atom. The van der Waals surface area contributed by atoms with Gasteiger partial charge in [0.1, 0.15) is 12.0 Å². The first-order valence-electron chi connectivity index (χ1n) is 8.21. The standard InChI is InChI=1S/C18H19N5O/c1-13-10-23-16(5-2-6-17(23)21-13)14-4-3-7-22(11-14)18(24)15-8-19-12-20-9-15/h2,5-6,8-10,12,14H,3-4,7,11H2,1H3/t14-/m0/s1. The monoisotopic (exact) mass is 321 g/mol. The molecule has 0 saturated carbocycles. The van der Waals surface area contributed by atoms with Crippen molar-refractivity contribution in [1.29, 1.82) is 0 Å². The predicted molar refractivity (Wildman–Crippen MR) is 89.8 cm³/mol. The molecule has 0 bridgehead atoms.